The van der Waals surface area contributed by atoms with E-state index in [1.54, 1.807) is 0 Å². The van der Waals surface area contributed by atoms with Gasteiger partial charge in [-0.2, -0.15) is 13.2 Å². The fourth-order valence-corrected chi connectivity index (χ4v) is 3.17. The molecule has 21 heavy (non-hydrogen) atoms. The number of hydrogen-bond donors (Lipinski definition) is 1. The van der Waals surface area contributed by atoms with Crippen LogP contribution in [0.3, 0.4) is 0 Å². The molecule has 3 unspecified atom stereocenters. The van der Waals surface area contributed by atoms with E-state index in [1.807, 2.05) is 0 Å². The van der Waals surface area contributed by atoms with Crippen LogP contribution in [0.25, 0.3) is 0 Å². The van der Waals surface area contributed by atoms with E-state index in [9.17, 15) is 23.1 Å². The minimum absolute atomic E-state index is 0.0834. The molecule has 6 nitrogen and oxygen atoms in total. The van der Waals surface area contributed by atoms with Gasteiger partial charge in [-0.3, -0.25) is 0 Å². The summed E-state index contributed by atoms with van der Waals surface area (Å²) in [5.41, 5.74) is -1.06. The van der Waals surface area contributed by atoms with Crippen molar-refractivity contribution in [2.24, 2.45) is 0 Å². The Hall–Kier alpha value is -2.06. The number of rotatable bonds is 2. The van der Waals surface area contributed by atoms with E-state index >= 15 is 0 Å². The maximum absolute atomic E-state index is 12.4. The first kappa shape index (κ1) is 13.9. The van der Waals surface area contributed by atoms with Gasteiger partial charge >= 0.3 is 6.18 Å². The van der Waals surface area contributed by atoms with Crippen LogP contribution in [0.4, 0.5) is 23.8 Å². The Kier molecular flexibility index (Phi) is 3.14. The fourth-order valence-electron chi connectivity index (χ4n) is 3.17. The molecule has 2 aliphatic heterocycles. The van der Waals surface area contributed by atoms with Crippen LogP contribution in [0.15, 0.2) is 12.4 Å². The first-order valence-corrected chi connectivity index (χ1v) is 6.51. The molecule has 1 N–H and O–H groups in total. The van der Waals surface area contributed by atoms with Gasteiger partial charge < -0.3 is 20.1 Å². The molecular weight excluding hydrogens is 289 g/mol. The third-order valence-electron chi connectivity index (χ3n) is 4.02. The number of aromatic nitrogens is 2. The number of carbonyl (C=O) groups excluding carboxylic acids is 1. The van der Waals surface area contributed by atoms with Crippen LogP contribution >= 0.6 is 0 Å². The van der Waals surface area contributed by atoms with Crippen LogP contribution < -0.4 is 10.4 Å². The zero-order chi connectivity index (χ0) is 15.2. The second-order valence-corrected chi connectivity index (χ2v) is 5.24. The van der Waals surface area contributed by atoms with Crippen molar-refractivity contribution in [3.63, 3.8) is 0 Å². The maximum atomic E-state index is 12.4. The molecule has 3 heterocycles. The van der Waals surface area contributed by atoms with Crippen molar-refractivity contribution in [1.82, 2.24) is 14.9 Å². The van der Waals surface area contributed by atoms with Gasteiger partial charge in [0.25, 0.3) is 0 Å². The van der Waals surface area contributed by atoms with Gasteiger partial charge in [-0.1, -0.05) is 0 Å². The van der Waals surface area contributed by atoms with E-state index in [0.717, 1.165) is 12.6 Å². The number of carbonyl (C=O) groups is 1. The summed E-state index contributed by atoms with van der Waals surface area (Å²) in [7, 11) is 0. The predicted octanol–water partition coefficient (Wildman–Crippen LogP) is 0.856. The number of fused-ring (bicyclic) bond motifs is 2. The Bertz CT molecular complexity index is 548. The summed E-state index contributed by atoms with van der Waals surface area (Å²) in [5.74, 6) is 0.207. The Balaban J connectivity index is 1.70. The second-order valence-electron chi connectivity index (χ2n) is 5.24. The molecule has 2 saturated heterocycles. The highest BCUT2D eigenvalue weighted by Crippen LogP contribution is 2.38. The zero-order valence-corrected chi connectivity index (χ0v) is 10.8. The molecule has 0 saturated carbocycles. The van der Waals surface area contributed by atoms with E-state index in [0.29, 0.717) is 19.0 Å². The van der Waals surface area contributed by atoms with E-state index in [4.69, 9.17) is 0 Å². The van der Waals surface area contributed by atoms with Gasteiger partial charge in [-0.15, -0.1) is 0 Å². The summed E-state index contributed by atoms with van der Waals surface area (Å²) < 4.78 is 37.2. The van der Waals surface area contributed by atoms with Gasteiger partial charge in [-0.05, 0) is 19.3 Å². The average Bonchev–Trinajstić information content (AvgIpc) is 2.95. The fraction of sp³-hybridized carbons (Fsp3) is 0.583. The largest absolute Gasteiger partial charge is 0.530 e. The summed E-state index contributed by atoms with van der Waals surface area (Å²) >= 11 is 0. The van der Waals surface area contributed by atoms with Gasteiger partial charge in [0.1, 0.15) is 11.9 Å². The molecule has 3 rings (SSSR count). The lowest BCUT2D eigenvalue weighted by molar-refractivity contribution is -0.267. The lowest BCUT2D eigenvalue weighted by Gasteiger charge is -2.27. The number of carboxylic acid groups (broad SMARTS) is 1. The lowest BCUT2D eigenvalue weighted by atomic mass is 9.95. The molecule has 0 aliphatic carbocycles. The van der Waals surface area contributed by atoms with Crippen molar-refractivity contribution in [3.05, 3.63) is 18.1 Å². The monoisotopic (exact) mass is 301 g/mol. The summed E-state index contributed by atoms with van der Waals surface area (Å²) in [6.07, 6.45) is -1.96. The Morgan fingerprint density at radius 2 is 2.10 bits per heavy atom. The molecule has 3 atom stereocenters. The van der Waals surface area contributed by atoms with Crippen LogP contribution in [-0.4, -0.2) is 39.1 Å². The number of halogens is 3. The molecule has 2 aliphatic rings. The molecule has 1 aromatic heterocycles. The van der Waals surface area contributed by atoms with Crippen molar-refractivity contribution < 1.29 is 23.1 Å². The summed E-state index contributed by atoms with van der Waals surface area (Å²) in [5, 5.41) is 14.0. The molecule has 0 aromatic carbocycles. The zero-order valence-electron chi connectivity index (χ0n) is 10.8. The molecule has 1 aromatic rings. The smallest absolute Gasteiger partial charge is 0.434 e. The molecule has 114 valence electrons. The number of nitrogens with one attached hydrogen (secondary N) is 1. The average molecular weight is 301 g/mol. The number of hydrogen-bond acceptors (Lipinski definition) is 5. The van der Waals surface area contributed by atoms with Gasteiger partial charge in [0.05, 0.1) is 18.4 Å². The highest BCUT2D eigenvalue weighted by atomic mass is 19.4. The number of alkyl halides is 3. The summed E-state index contributed by atoms with van der Waals surface area (Å²) in [6, 6.07) is -0.475. The predicted molar refractivity (Wildman–Crippen MR) is 63.1 cm³/mol. The van der Waals surface area contributed by atoms with Crippen molar-refractivity contribution in [3.8, 4) is 0 Å². The topological polar surface area (TPSA) is 81.2 Å². The van der Waals surface area contributed by atoms with Crippen molar-refractivity contribution in [2.45, 2.75) is 43.6 Å². The van der Waals surface area contributed by atoms with Gasteiger partial charge in [0.2, 0.25) is 0 Å². The third kappa shape index (κ3) is 2.47. The molecule has 1 amide bonds. The Labute approximate surface area is 118 Å². The first-order valence-electron chi connectivity index (χ1n) is 6.51. The maximum Gasteiger partial charge on any atom is 0.434 e. The Morgan fingerprint density at radius 1 is 1.33 bits per heavy atom. The lowest BCUT2D eigenvalue weighted by Crippen LogP contribution is -2.46. The van der Waals surface area contributed by atoms with Crippen LogP contribution in [0, 0.1) is 0 Å². The van der Waals surface area contributed by atoms with Crippen LogP contribution in [-0.2, 0) is 6.18 Å². The van der Waals surface area contributed by atoms with Crippen molar-refractivity contribution in [1.29, 1.82) is 0 Å². The summed E-state index contributed by atoms with van der Waals surface area (Å²) in [6.45, 7) is 0. The summed E-state index contributed by atoms with van der Waals surface area (Å²) in [4.78, 5) is 19.4. The van der Waals surface area contributed by atoms with Crippen LogP contribution in [0.5, 0.6) is 0 Å². The third-order valence-corrected chi connectivity index (χ3v) is 4.02. The molecule has 0 spiro atoms. The number of amides is 1. The van der Waals surface area contributed by atoms with Crippen LogP contribution in [0.2, 0.25) is 0 Å². The van der Waals surface area contributed by atoms with Gasteiger partial charge in [-0.25, -0.2) is 9.97 Å². The van der Waals surface area contributed by atoms with E-state index < -0.39 is 18.0 Å². The molecule has 2 fully saturated rings. The molecule has 2 bridgehead atoms. The molecule has 9 heteroatoms. The van der Waals surface area contributed by atoms with Crippen LogP contribution in [0.1, 0.15) is 25.0 Å². The number of nitrogens with zero attached hydrogens (tertiary/aromatic N) is 3. The van der Waals surface area contributed by atoms with E-state index in [2.05, 4.69) is 15.3 Å². The van der Waals surface area contributed by atoms with E-state index in [-0.39, 0.29) is 23.9 Å². The number of anilines is 1. The molecule has 0 radical (unpaired) electrons. The minimum Gasteiger partial charge on any atom is -0.530 e. The Morgan fingerprint density at radius 3 is 2.62 bits per heavy atom. The van der Waals surface area contributed by atoms with E-state index in [1.165, 1.54) is 4.90 Å². The second kappa shape index (κ2) is 4.74. The van der Waals surface area contributed by atoms with Gasteiger partial charge in [0, 0.05) is 12.1 Å². The standard InChI is InChI=1S/C12H13F3N4O2/c13-12(14,15)9-4-17-10(5-16-9)18-7-3-6-1-2-8(7)19(6)11(20)21/h4-8H,1-3H2,(H,17,18)(H,20,21)/p-1. The minimum atomic E-state index is -4.52. The van der Waals surface area contributed by atoms with Crippen molar-refractivity contribution >= 4 is 11.9 Å². The quantitative estimate of drug-likeness (QED) is 0.876. The molecular formula is C12H12F3N4O2-. The highest BCUT2D eigenvalue weighted by Gasteiger charge is 2.46. The SMILES string of the molecule is O=C([O-])N1C2CCC1C(Nc1cnc(C(F)(F)F)cn1)C2. The van der Waals surface area contributed by atoms with Crippen molar-refractivity contribution in [2.75, 3.05) is 5.32 Å². The van der Waals surface area contributed by atoms with Gasteiger partial charge in [0.15, 0.2) is 5.69 Å². The normalized spacial score (nSPS) is 28.0. The first-order chi connectivity index (χ1) is 9.86. The highest BCUT2D eigenvalue weighted by molar-refractivity contribution is 5.65.